The summed E-state index contributed by atoms with van der Waals surface area (Å²) in [5, 5.41) is 10.8. The van der Waals surface area contributed by atoms with Gasteiger partial charge in [0.2, 0.25) is 0 Å². The van der Waals surface area contributed by atoms with Crippen LogP contribution in [0.5, 0.6) is 0 Å². The molecule has 2 aliphatic rings. The first-order chi connectivity index (χ1) is 11.1. The molecular formula is C19H32N4O. The summed E-state index contributed by atoms with van der Waals surface area (Å²) >= 11 is 0. The summed E-state index contributed by atoms with van der Waals surface area (Å²) in [5.74, 6) is 0.730. The minimum atomic E-state index is -0.0558. The van der Waals surface area contributed by atoms with Crippen LogP contribution in [-0.2, 0) is 7.05 Å². The Morgan fingerprint density at radius 3 is 2.46 bits per heavy atom. The minimum absolute atomic E-state index is 0.0434. The highest BCUT2D eigenvalue weighted by molar-refractivity contribution is 5.75. The SMILES string of the molecule is Cc1nn(C)c(C)c1C(C)NC(=O)NC1CC2CCC1(C)C2(C)C. The molecule has 0 saturated heterocycles. The molecule has 4 atom stereocenters. The smallest absolute Gasteiger partial charge is 0.315 e. The van der Waals surface area contributed by atoms with Crippen molar-refractivity contribution in [2.75, 3.05) is 0 Å². The van der Waals surface area contributed by atoms with Gasteiger partial charge in [0.05, 0.1) is 11.7 Å². The Morgan fingerprint density at radius 1 is 1.33 bits per heavy atom. The summed E-state index contributed by atoms with van der Waals surface area (Å²) < 4.78 is 1.88. The van der Waals surface area contributed by atoms with E-state index in [1.54, 1.807) is 0 Å². The van der Waals surface area contributed by atoms with Crippen LogP contribution in [0.2, 0.25) is 0 Å². The van der Waals surface area contributed by atoms with Gasteiger partial charge in [-0.1, -0.05) is 20.8 Å². The molecule has 2 N–H and O–H groups in total. The topological polar surface area (TPSA) is 59.0 Å². The fourth-order valence-electron chi connectivity index (χ4n) is 5.31. The van der Waals surface area contributed by atoms with Gasteiger partial charge in [0.1, 0.15) is 0 Å². The van der Waals surface area contributed by atoms with Crippen molar-refractivity contribution < 1.29 is 4.79 Å². The maximum absolute atomic E-state index is 12.6. The molecule has 2 aliphatic carbocycles. The van der Waals surface area contributed by atoms with Gasteiger partial charge in [-0.2, -0.15) is 5.10 Å². The summed E-state index contributed by atoms with van der Waals surface area (Å²) in [6, 6.07) is 0.173. The van der Waals surface area contributed by atoms with Gasteiger partial charge < -0.3 is 10.6 Å². The van der Waals surface area contributed by atoms with Gasteiger partial charge in [-0.05, 0) is 56.8 Å². The Labute approximate surface area is 145 Å². The van der Waals surface area contributed by atoms with Crippen LogP contribution in [0, 0.1) is 30.6 Å². The van der Waals surface area contributed by atoms with Gasteiger partial charge in [0, 0.05) is 24.3 Å². The van der Waals surface area contributed by atoms with Crippen molar-refractivity contribution in [3.05, 3.63) is 17.0 Å². The predicted molar refractivity (Wildman–Crippen MR) is 95.8 cm³/mol. The van der Waals surface area contributed by atoms with Crippen LogP contribution >= 0.6 is 0 Å². The maximum atomic E-state index is 12.6. The zero-order chi connectivity index (χ0) is 17.9. The van der Waals surface area contributed by atoms with E-state index in [4.69, 9.17) is 0 Å². The number of nitrogens with zero attached hydrogens (tertiary/aromatic N) is 2. The van der Waals surface area contributed by atoms with E-state index in [1.807, 2.05) is 32.5 Å². The number of fused-ring (bicyclic) bond motifs is 2. The van der Waals surface area contributed by atoms with Gasteiger partial charge in [-0.3, -0.25) is 4.68 Å². The molecule has 0 aromatic carbocycles. The molecule has 2 saturated carbocycles. The average Bonchev–Trinajstić information content (AvgIpc) is 2.92. The largest absolute Gasteiger partial charge is 0.335 e. The van der Waals surface area contributed by atoms with E-state index in [9.17, 15) is 4.79 Å². The summed E-state index contributed by atoms with van der Waals surface area (Å²) in [6.45, 7) is 13.2. The molecule has 5 nitrogen and oxygen atoms in total. The molecule has 4 unspecified atom stereocenters. The fourth-order valence-corrected chi connectivity index (χ4v) is 5.31. The lowest BCUT2D eigenvalue weighted by molar-refractivity contribution is 0.123. The van der Waals surface area contributed by atoms with Gasteiger partial charge in [-0.15, -0.1) is 0 Å². The zero-order valence-electron chi connectivity index (χ0n) is 16.2. The molecule has 134 valence electrons. The Morgan fingerprint density at radius 2 is 2.00 bits per heavy atom. The maximum Gasteiger partial charge on any atom is 0.315 e. The van der Waals surface area contributed by atoms with Crippen LogP contribution in [0.25, 0.3) is 0 Å². The molecule has 2 amide bonds. The number of amides is 2. The van der Waals surface area contributed by atoms with Gasteiger partial charge in [-0.25, -0.2) is 4.79 Å². The number of hydrogen-bond donors (Lipinski definition) is 2. The first-order valence-electron chi connectivity index (χ1n) is 9.15. The van der Waals surface area contributed by atoms with Crippen LogP contribution in [0.4, 0.5) is 4.79 Å². The molecule has 5 heteroatoms. The van der Waals surface area contributed by atoms with Crippen LogP contribution in [0.3, 0.4) is 0 Å². The molecule has 1 heterocycles. The lowest BCUT2D eigenvalue weighted by Gasteiger charge is -2.39. The second-order valence-electron chi connectivity index (χ2n) is 8.71. The Kier molecular flexibility index (Phi) is 3.97. The number of hydrogen-bond acceptors (Lipinski definition) is 2. The molecule has 2 bridgehead atoms. The molecular weight excluding hydrogens is 300 g/mol. The van der Waals surface area contributed by atoms with E-state index in [0.29, 0.717) is 5.41 Å². The predicted octanol–water partition coefficient (Wildman–Crippen LogP) is 3.61. The van der Waals surface area contributed by atoms with Crippen molar-refractivity contribution in [2.45, 2.75) is 72.9 Å². The minimum Gasteiger partial charge on any atom is -0.335 e. The molecule has 3 rings (SSSR count). The quantitative estimate of drug-likeness (QED) is 0.888. The number of aromatic nitrogens is 2. The number of carbonyl (C=O) groups is 1. The number of aryl methyl sites for hydroxylation is 2. The van der Waals surface area contributed by atoms with Crippen LogP contribution in [-0.4, -0.2) is 21.9 Å². The van der Waals surface area contributed by atoms with Crippen molar-refractivity contribution in [3.63, 3.8) is 0 Å². The summed E-state index contributed by atoms with van der Waals surface area (Å²) in [5.41, 5.74) is 3.72. The lowest BCUT2D eigenvalue weighted by Crippen LogP contribution is -2.50. The normalized spacial score (nSPS) is 32.0. The van der Waals surface area contributed by atoms with Crippen LogP contribution < -0.4 is 10.6 Å². The van der Waals surface area contributed by atoms with E-state index in [0.717, 1.165) is 29.3 Å². The molecule has 2 fully saturated rings. The van der Waals surface area contributed by atoms with Crippen LogP contribution in [0.1, 0.15) is 70.0 Å². The summed E-state index contributed by atoms with van der Waals surface area (Å²) in [7, 11) is 1.94. The standard InChI is InChI=1S/C19H32N4O/c1-11(16-12(2)22-23(7)13(16)3)20-17(24)21-15-10-14-8-9-19(15,6)18(14,4)5/h11,14-15H,8-10H2,1-7H3,(H2,20,21,24). The van der Waals surface area contributed by atoms with Crippen molar-refractivity contribution in [3.8, 4) is 0 Å². The highest BCUT2D eigenvalue weighted by Crippen LogP contribution is 2.65. The molecule has 1 aromatic rings. The molecule has 24 heavy (non-hydrogen) atoms. The van der Waals surface area contributed by atoms with Crippen LogP contribution in [0.15, 0.2) is 0 Å². The molecule has 0 radical (unpaired) electrons. The first kappa shape index (κ1) is 17.3. The van der Waals surface area contributed by atoms with Gasteiger partial charge in [0.15, 0.2) is 0 Å². The molecule has 0 spiro atoms. The number of carbonyl (C=O) groups excluding carboxylic acids is 1. The molecule has 1 aromatic heterocycles. The zero-order valence-corrected chi connectivity index (χ0v) is 16.2. The van der Waals surface area contributed by atoms with E-state index in [2.05, 4.69) is 36.5 Å². The lowest BCUT2D eigenvalue weighted by atomic mass is 9.69. The second-order valence-corrected chi connectivity index (χ2v) is 8.71. The molecule has 0 aliphatic heterocycles. The van der Waals surface area contributed by atoms with Crippen molar-refractivity contribution in [1.29, 1.82) is 0 Å². The van der Waals surface area contributed by atoms with E-state index in [-0.39, 0.29) is 23.5 Å². The highest BCUT2D eigenvalue weighted by atomic mass is 16.2. The average molecular weight is 332 g/mol. The summed E-state index contributed by atoms with van der Waals surface area (Å²) in [4.78, 5) is 12.6. The second kappa shape index (κ2) is 5.50. The van der Waals surface area contributed by atoms with E-state index < -0.39 is 0 Å². The number of rotatable bonds is 3. The van der Waals surface area contributed by atoms with Crippen molar-refractivity contribution in [1.82, 2.24) is 20.4 Å². The van der Waals surface area contributed by atoms with Crippen molar-refractivity contribution >= 4 is 6.03 Å². The Balaban J connectivity index is 1.67. The number of nitrogens with one attached hydrogen (secondary N) is 2. The highest BCUT2D eigenvalue weighted by Gasteiger charge is 2.61. The van der Waals surface area contributed by atoms with E-state index >= 15 is 0 Å². The first-order valence-corrected chi connectivity index (χ1v) is 9.15. The van der Waals surface area contributed by atoms with Crippen molar-refractivity contribution in [2.24, 2.45) is 23.8 Å². The fraction of sp³-hybridized carbons (Fsp3) is 0.789. The third-order valence-corrected chi connectivity index (χ3v) is 7.44. The third kappa shape index (κ3) is 2.35. The van der Waals surface area contributed by atoms with E-state index in [1.165, 1.54) is 12.8 Å². The Hall–Kier alpha value is -1.52. The summed E-state index contributed by atoms with van der Waals surface area (Å²) in [6.07, 6.45) is 3.62. The third-order valence-electron chi connectivity index (χ3n) is 7.44. The van der Waals surface area contributed by atoms with Gasteiger partial charge >= 0.3 is 6.03 Å². The van der Waals surface area contributed by atoms with Gasteiger partial charge in [0.25, 0.3) is 0 Å². The number of urea groups is 1. The monoisotopic (exact) mass is 332 g/mol. The Bertz CT molecular complexity index is 663.